The van der Waals surface area contributed by atoms with E-state index in [-0.39, 0.29) is 0 Å². The summed E-state index contributed by atoms with van der Waals surface area (Å²) < 4.78 is 1.42. The quantitative estimate of drug-likeness (QED) is 0.245. The van der Waals surface area contributed by atoms with Crippen LogP contribution in [0.25, 0.3) is 16.9 Å². The number of nitrogens with zero attached hydrogens (tertiary/aromatic N) is 2. The lowest BCUT2D eigenvalue weighted by Gasteiger charge is -2.11. The van der Waals surface area contributed by atoms with Crippen LogP contribution >= 0.6 is 0 Å². The maximum absolute atomic E-state index is 11.2. The highest BCUT2D eigenvalue weighted by Gasteiger charge is 2.28. The SMILES string of the molecule is CCCCCCc1ccc(C2=C(CCCCC)C=C(c3cccc(CC)c3)[N+]2=[N-])cc1. The summed E-state index contributed by atoms with van der Waals surface area (Å²) in [6.07, 6.45) is 14.0. The summed E-state index contributed by atoms with van der Waals surface area (Å²) in [5.41, 5.74) is 19.2. The zero-order chi connectivity index (χ0) is 22.1. The van der Waals surface area contributed by atoms with Gasteiger partial charge in [-0.15, -0.1) is 0 Å². The van der Waals surface area contributed by atoms with Gasteiger partial charge in [0.15, 0.2) is 0 Å². The van der Waals surface area contributed by atoms with Crippen molar-refractivity contribution < 1.29 is 4.70 Å². The van der Waals surface area contributed by atoms with E-state index in [0.717, 1.165) is 48.2 Å². The molecule has 0 amide bonds. The van der Waals surface area contributed by atoms with Gasteiger partial charge in [0, 0.05) is 22.8 Å². The van der Waals surface area contributed by atoms with Crippen LogP contribution in [0.4, 0.5) is 0 Å². The topological polar surface area (TPSA) is 25.3 Å². The van der Waals surface area contributed by atoms with E-state index in [2.05, 4.69) is 75.4 Å². The van der Waals surface area contributed by atoms with Gasteiger partial charge in [0.1, 0.15) is 0 Å². The van der Waals surface area contributed by atoms with E-state index >= 15 is 0 Å². The van der Waals surface area contributed by atoms with Crippen molar-refractivity contribution in [1.82, 2.24) is 0 Å². The number of hydrogen-bond acceptors (Lipinski definition) is 0. The molecule has 0 saturated carbocycles. The smallest absolute Gasteiger partial charge is 0.210 e. The minimum Gasteiger partial charge on any atom is -0.493 e. The highest BCUT2D eigenvalue weighted by Crippen LogP contribution is 2.37. The molecule has 2 heteroatoms. The predicted molar refractivity (Wildman–Crippen MR) is 133 cm³/mol. The Morgan fingerprint density at radius 1 is 0.710 bits per heavy atom. The lowest BCUT2D eigenvalue weighted by molar-refractivity contribution is -0.344. The van der Waals surface area contributed by atoms with Gasteiger partial charge in [0.05, 0.1) is 0 Å². The Balaban J connectivity index is 1.83. The van der Waals surface area contributed by atoms with E-state index in [1.807, 2.05) is 0 Å². The lowest BCUT2D eigenvalue weighted by atomic mass is 10.00. The first kappa shape index (κ1) is 23.2. The first-order chi connectivity index (χ1) is 15.2. The lowest BCUT2D eigenvalue weighted by Crippen LogP contribution is -2.03. The highest BCUT2D eigenvalue weighted by atomic mass is 15.2. The van der Waals surface area contributed by atoms with Gasteiger partial charge in [-0.25, -0.2) is 4.70 Å². The van der Waals surface area contributed by atoms with Gasteiger partial charge >= 0.3 is 0 Å². The molecule has 2 aromatic rings. The summed E-state index contributed by atoms with van der Waals surface area (Å²) in [5, 5.41) is 0. The van der Waals surface area contributed by atoms with Crippen molar-refractivity contribution in [3.8, 4) is 0 Å². The Morgan fingerprint density at radius 2 is 1.42 bits per heavy atom. The van der Waals surface area contributed by atoms with Crippen LogP contribution < -0.4 is 0 Å². The summed E-state index contributed by atoms with van der Waals surface area (Å²) in [6, 6.07) is 17.4. The maximum atomic E-state index is 11.2. The highest BCUT2D eigenvalue weighted by molar-refractivity contribution is 5.78. The van der Waals surface area contributed by atoms with Crippen molar-refractivity contribution in [2.75, 3.05) is 0 Å². The van der Waals surface area contributed by atoms with Crippen molar-refractivity contribution in [3.05, 3.63) is 88.0 Å². The Hall–Kier alpha value is -2.48. The fraction of sp³-hybridized carbons (Fsp3) is 0.448. The van der Waals surface area contributed by atoms with E-state index in [1.165, 1.54) is 59.9 Å². The van der Waals surface area contributed by atoms with Crippen molar-refractivity contribution in [3.63, 3.8) is 0 Å². The summed E-state index contributed by atoms with van der Waals surface area (Å²) in [7, 11) is 0. The van der Waals surface area contributed by atoms with Crippen LogP contribution in [0, 0.1) is 0 Å². The maximum Gasteiger partial charge on any atom is 0.210 e. The first-order valence-electron chi connectivity index (χ1n) is 12.3. The molecule has 0 radical (unpaired) electrons. The zero-order valence-electron chi connectivity index (χ0n) is 19.7. The first-order valence-corrected chi connectivity index (χ1v) is 12.3. The Kier molecular flexibility index (Phi) is 8.82. The molecule has 0 spiro atoms. The summed E-state index contributed by atoms with van der Waals surface area (Å²) in [5.74, 6) is 0. The zero-order valence-corrected chi connectivity index (χ0v) is 19.7. The molecule has 1 heterocycles. The molecular weight excluding hydrogens is 376 g/mol. The molecule has 0 fully saturated rings. The summed E-state index contributed by atoms with van der Waals surface area (Å²) in [4.78, 5) is 0. The van der Waals surface area contributed by atoms with E-state index in [9.17, 15) is 5.53 Å². The average Bonchev–Trinajstić information content (AvgIpc) is 3.13. The molecule has 164 valence electrons. The third-order valence-corrected chi connectivity index (χ3v) is 6.28. The third-order valence-electron chi connectivity index (χ3n) is 6.28. The number of unbranched alkanes of at least 4 members (excludes halogenated alkanes) is 5. The van der Waals surface area contributed by atoms with E-state index in [0.29, 0.717) is 0 Å². The van der Waals surface area contributed by atoms with Gasteiger partial charge < -0.3 is 5.53 Å². The molecule has 31 heavy (non-hydrogen) atoms. The van der Waals surface area contributed by atoms with Gasteiger partial charge in [0.25, 0.3) is 0 Å². The van der Waals surface area contributed by atoms with E-state index in [1.54, 1.807) is 0 Å². The molecule has 0 atom stereocenters. The monoisotopic (exact) mass is 414 g/mol. The number of rotatable bonds is 12. The molecule has 0 saturated heterocycles. The van der Waals surface area contributed by atoms with Gasteiger partial charge in [0.2, 0.25) is 11.4 Å². The molecule has 2 aromatic carbocycles. The van der Waals surface area contributed by atoms with Crippen molar-refractivity contribution in [2.45, 2.75) is 85.0 Å². The van der Waals surface area contributed by atoms with Gasteiger partial charge in [-0.1, -0.05) is 77.1 Å². The second-order valence-electron chi connectivity index (χ2n) is 8.73. The largest absolute Gasteiger partial charge is 0.493 e. The standard InChI is InChI=1S/C29H38N2/c1-4-7-9-11-13-24-17-19-25(20-18-24)29-27(15-10-8-5-2)22-28(31(29)30)26-16-12-14-23(6-3)21-26/h12,14,16-22H,4-11,13,15H2,1-3H3. The molecule has 3 rings (SSSR count). The van der Waals surface area contributed by atoms with Gasteiger partial charge in [-0.2, -0.15) is 0 Å². The third kappa shape index (κ3) is 6.03. The van der Waals surface area contributed by atoms with Crippen LogP contribution in [0.15, 0.2) is 60.2 Å². The predicted octanol–water partition coefficient (Wildman–Crippen LogP) is 8.75. The molecule has 0 N–H and O–H groups in total. The molecule has 0 unspecified atom stereocenters. The van der Waals surface area contributed by atoms with Crippen LogP contribution in [0.3, 0.4) is 0 Å². The number of hydrogen-bond donors (Lipinski definition) is 0. The van der Waals surface area contributed by atoms with E-state index < -0.39 is 0 Å². The summed E-state index contributed by atoms with van der Waals surface area (Å²) in [6.45, 7) is 6.66. The fourth-order valence-electron chi connectivity index (χ4n) is 4.36. The molecular formula is C29H38N2. The molecule has 2 nitrogen and oxygen atoms in total. The second kappa shape index (κ2) is 11.8. The van der Waals surface area contributed by atoms with Crippen LogP contribution in [-0.4, -0.2) is 4.70 Å². The molecule has 0 aromatic heterocycles. The van der Waals surface area contributed by atoms with Gasteiger partial charge in [-0.3, -0.25) is 0 Å². The second-order valence-corrected chi connectivity index (χ2v) is 8.73. The number of aryl methyl sites for hydroxylation is 2. The normalized spacial score (nSPS) is 13.8. The fourth-order valence-corrected chi connectivity index (χ4v) is 4.36. The van der Waals surface area contributed by atoms with Crippen molar-refractivity contribution >= 4 is 11.4 Å². The Labute approximate surface area is 189 Å². The number of benzene rings is 2. The Bertz CT molecular complexity index is 931. The van der Waals surface area contributed by atoms with Crippen molar-refractivity contribution in [1.29, 1.82) is 0 Å². The molecule has 0 bridgehead atoms. The minimum absolute atomic E-state index is 0.889. The van der Waals surface area contributed by atoms with E-state index in [4.69, 9.17) is 0 Å². The average molecular weight is 415 g/mol. The van der Waals surface area contributed by atoms with Crippen LogP contribution in [0.2, 0.25) is 0 Å². The van der Waals surface area contributed by atoms with Gasteiger partial charge in [-0.05, 0) is 67.5 Å². The van der Waals surface area contributed by atoms with Crippen molar-refractivity contribution in [2.24, 2.45) is 0 Å². The Morgan fingerprint density at radius 3 is 2.13 bits per heavy atom. The molecule has 1 aliphatic heterocycles. The molecule has 1 aliphatic rings. The molecule has 0 aliphatic carbocycles. The minimum atomic E-state index is 0.889. The number of allylic oxidation sites excluding steroid dienone is 2. The van der Waals surface area contributed by atoms with Crippen LogP contribution in [0.5, 0.6) is 0 Å². The summed E-state index contributed by atoms with van der Waals surface area (Å²) >= 11 is 0. The van der Waals surface area contributed by atoms with Crippen LogP contribution in [-0.2, 0) is 12.8 Å². The van der Waals surface area contributed by atoms with Crippen LogP contribution in [0.1, 0.15) is 94.4 Å².